The van der Waals surface area contributed by atoms with Crippen LogP contribution in [0.4, 0.5) is 5.69 Å². The number of amides is 1. The molecule has 4 heteroatoms. The Kier molecular flexibility index (Phi) is 2.51. The van der Waals surface area contributed by atoms with Crippen LogP contribution >= 0.6 is 11.8 Å². The van der Waals surface area contributed by atoms with E-state index in [1.54, 1.807) is 11.8 Å². The van der Waals surface area contributed by atoms with Crippen LogP contribution in [0.3, 0.4) is 0 Å². The van der Waals surface area contributed by atoms with E-state index < -0.39 is 4.75 Å². The SMILES string of the molecule is CC1(C)Sc2cc(C3(CN)CC3)ccc2NC1=O. The third kappa shape index (κ3) is 1.75. The van der Waals surface area contributed by atoms with Gasteiger partial charge < -0.3 is 11.1 Å². The molecule has 1 fully saturated rings. The Labute approximate surface area is 112 Å². The molecule has 0 bridgehead atoms. The van der Waals surface area contributed by atoms with Crippen molar-refractivity contribution in [3.63, 3.8) is 0 Å². The number of rotatable bonds is 2. The number of fused-ring (bicyclic) bond motifs is 1. The van der Waals surface area contributed by atoms with Crippen LogP contribution < -0.4 is 11.1 Å². The summed E-state index contributed by atoms with van der Waals surface area (Å²) in [5.74, 6) is 0.0766. The molecule has 0 spiro atoms. The standard InChI is InChI=1S/C14H18N2OS/c1-13(2)12(17)16-10-4-3-9(7-11(10)18-13)14(8-15)5-6-14/h3-4,7H,5-6,8,15H2,1-2H3,(H,16,17). The summed E-state index contributed by atoms with van der Waals surface area (Å²) in [7, 11) is 0. The first kappa shape index (κ1) is 12.1. The summed E-state index contributed by atoms with van der Waals surface area (Å²) in [5, 5.41) is 2.98. The molecule has 1 aromatic carbocycles. The van der Waals surface area contributed by atoms with E-state index >= 15 is 0 Å². The van der Waals surface area contributed by atoms with Gasteiger partial charge in [0.05, 0.1) is 10.4 Å². The third-order valence-electron chi connectivity index (χ3n) is 4.00. The summed E-state index contributed by atoms with van der Waals surface area (Å²) >= 11 is 1.64. The van der Waals surface area contributed by atoms with E-state index in [2.05, 4.69) is 17.4 Å². The van der Waals surface area contributed by atoms with Gasteiger partial charge in [-0.05, 0) is 44.4 Å². The van der Waals surface area contributed by atoms with Crippen molar-refractivity contribution in [1.29, 1.82) is 0 Å². The van der Waals surface area contributed by atoms with Gasteiger partial charge in [-0.3, -0.25) is 4.79 Å². The number of nitrogens with two attached hydrogens (primary N) is 1. The molecule has 0 aromatic heterocycles. The number of benzene rings is 1. The fraction of sp³-hybridized carbons (Fsp3) is 0.500. The van der Waals surface area contributed by atoms with Crippen LogP contribution in [0.5, 0.6) is 0 Å². The lowest BCUT2D eigenvalue weighted by molar-refractivity contribution is -0.117. The van der Waals surface area contributed by atoms with Gasteiger partial charge in [-0.15, -0.1) is 11.8 Å². The maximum absolute atomic E-state index is 11.9. The topological polar surface area (TPSA) is 55.1 Å². The monoisotopic (exact) mass is 262 g/mol. The van der Waals surface area contributed by atoms with Gasteiger partial charge in [-0.25, -0.2) is 0 Å². The highest BCUT2D eigenvalue weighted by Gasteiger charge is 2.43. The summed E-state index contributed by atoms with van der Waals surface area (Å²) in [5.41, 5.74) is 8.34. The van der Waals surface area contributed by atoms with Crippen molar-refractivity contribution in [3.8, 4) is 0 Å². The highest BCUT2D eigenvalue weighted by Crippen LogP contribution is 2.50. The maximum atomic E-state index is 11.9. The van der Waals surface area contributed by atoms with Crippen molar-refractivity contribution >= 4 is 23.4 Å². The van der Waals surface area contributed by atoms with Crippen LogP contribution in [0.15, 0.2) is 23.1 Å². The van der Waals surface area contributed by atoms with E-state index in [9.17, 15) is 4.79 Å². The van der Waals surface area contributed by atoms with Crippen molar-refractivity contribution in [1.82, 2.24) is 0 Å². The fourth-order valence-corrected chi connectivity index (χ4v) is 3.50. The molecule has 0 atom stereocenters. The zero-order chi connectivity index (χ0) is 13.0. The van der Waals surface area contributed by atoms with E-state index in [0.29, 0.717) is 6.54 Å². The van der Waals surface area contributed by atoms with Gasteiger partial charge in [-0.2, -0.15) is 0 Å². The lowest BCUT2D eigenvalue weighted by Crippen LogP contribution is -2.37. The number of hydrogen-bond donors (Lipinski definition) is 2. The first-order chi connectivity index (χ1) is 8.47. The number of carbonyl (C=O) groups excluding carboxylic acids is 1. The predicted octanol–water partition coefficient (Wildman–Crippen LogP) is 2.50. The molecule has 1 saturated carbocycles. The quantitative estimate of drug-likeness (QED) is 0.861. The first-order valence-corrected chi connectivity index (χ1v) is 7.14. The number of hydrogen-bond acceptors (Lipinski definition) is 3. The van der Waals surface area contributed by atoms with Gasteiger partial charge in [0.1, 0.15) is 0 Å². The lowest BCUT2D eigenvalue weighted by atomic mass is 9.96. The van der Waals surface area contributed by atoms with Gasteiger partial charge in [0.2, 0.25) is 5.91 Å². The van der Waals surface area contributed by atoms with Crippen LogP contribution in [0.1, 0.15) is 32.3 Å². The van der Waals surface area contributed by atoms with Crippen molar-refractivity contribution < 1.29 is 4.79 Å². The van der Waals surface area contributed by atoms with Gasteiger partial charge in [-0.1, -0.05) is 6.07 Å². The Morgan fingerprint density at radius 1 is 1.39 bits per heavy atom. The lowest BCUT2D eigenvalue weighted by Gasteiger charge is -2.30. The van der Waals surface area contributed by atoms with Gasteiger partial charge in [0.25, 0.3) is 0 Å². The summed E-state index contributed by atoms with van der Waals surface area (Å²) in [6.45, 7) is 4.63. The first-order valence-electron chi connectivity index (χ1n) is 6.32. The van der Waals surface area contributed by atoms with Crippen molar-refractivity contribution in [3.05, 3.63) is 23.8 Å². The second-order valence-electron chi connectivity index (χ2n) is 5.76. The Morgan fingerprint density at radius 2 is 2.11 bits per heavy atom. The molecule has 0 radical (unpaired) electrons. The zero-order valence-corrected chi connectivity index (χ0v) is 11.6. The molecule has 3 N–H and O–H groups in total. The van der Waals surface area contributed by atoms with E-state index in [4.69, 9.17) is 5.73 Å². The molecule has 1 amide bonds. The van der Waals surface area contributed by atoms with Gasteiger partial charge in [0, 0.05) is 16.9 Å². The number of nitrogens with one attached hydrogen (secondary N) is 1. The van der Waals surface area contributed by atoms with Crippen LogP contribution in [-0.4, -0.2) is 17.2 Å². The fourth-order valence-electron chi connectivity index (χ4n) is 2.40. The van der Waals surface area contributed by atoms with Crippen LogP contribution in [0, 0.1) is 0 Å². The number of thioether (sulfide) groups is 1. The smallest absolute Gasteiger partial charge is 0.240 e. The normalized spacial score (nSPS) is 23.2. The minimum absolute atomic E-state index is 0.0766. The van der Waals surface area contributed by atoms with Crippen LogP contribution in [-0.2, 0) is 10.2 Å². The van der Waals surface area contributed by atoms with Crippen LogP contribution in [0.2, 0.25) is 0 Å². The summed E-state index contributed by atoms with van der Waals surface area (Å²) in [4.78, 5) is 13.0. The summed E-state index contributed by atoms with van der Waals surface area (Å²) in [6.07, 6.45) is 2.37. The van der Waals surface area contributed by atoms with E-state index in [0.717, 1.165) is 10.6 Å². The maximum Gasteiger partial charge on any atom is 0.240 e. The van der Waals surface area contributed by atoms with Gasteiger partial charge >= 0.3 is 0 Å². The minimum atomic E-state index is -0.398. The molecule has 96 valence electrons. The Bertz CT molecular complexity index is 521. The van der Waals surface area contributed by atoms with Crippen molar-refractivity contribution in [2.24, 2.45) is 5.73 Å². The Hall–Kier alpha value is -1.00. The molecular weight excluding hydrogens is 244 g/mol. The highest BCUT2D eigenvalue weighted by atomic mass is 32.2. The number of carbonyl (C=O) groups is 1. The molecule has 3 rings (SSSR count). The third-order valence-corrected chi connectivity index (χ3v) is 5.25. The average molecular weight is 262 g/mol. The van der Waals surface area contributed by atoms with E-state index in [1.165, 1.54) is 18.4 Å². The Morgan fingerprint density at radius 3 is 2.72 bits per heavy atom. The average Bonchev–Trinajstić information content (AvgIpc) is 3.10. The second-order valence-corrected chi connectivity index (χ2v) is 7.43. The van der Waals surface area contributed by atoms with Crippen molar-refractivity contribution in [2.45, 2.75) is 41.7 Å². The molecular formula is C14H18N2OS. The molecule has 3 nitrogen and oxygen atoms in total. The minimum Gasteiger partial charge on any atom is -0.330 e. The van der Waals surface area contributed by atoms with Gasteiger partial charge in [0.15, 0.2) is 0 Å². The summed E-state index contributed by atoms with van der Waals surface area (Å²) < 4.78 is -0.398. The summed E-state index contributed by atoms with van der Waals surface area (Å²) in [6, 6.07) is 6.33. The highest BCUT2D eigenvalue weighted by molar-refractivity contribution is 8.01. The van der Waals surface area contributed by atoms with Crippen LogP contribution in [0.25, 0.3) is 0 Å². The molecule has 1 aliphatic carbocycles. The molecule has 1 aromatic rings. The van der Waals surface area contributed by atoms with Crippen molar-refractivity contribution in [2.75, 3.05) is 11.9 Å². The number of anilines is 1. The second kappa shape index (κ2) is 3.75. The Balaban J connectivity index is 1.99. The largest absolute Gasteiger partial charge is 0.330 e. The molecule has 1 aliphatic heterocycles. The molecule has 1 heterocycles. The predicted molar refractivity (Wildman–Crippen MR) is 75.0 cm³/mol. The molecule has 2 aliphatic rings. The van der Waals surface area contributed by atoms with E-state index in [1.807, 2.05) is 19.9 Å². The molecule has 18 heavy (non-hydrogen) atoms. The zero-order valence-electron chi connectivity index (χ0n) is 10.7. The van der Waals surface area contributed by atoms with E-state index in [-0.39, 0.29) is 11.3 Å². The molecule has 0 unspecified atom stereocenters. The molecule has 0 saturated heterocycles.